The molecule has 6 nitrogen and oxygen atoms in total. The summed E-state index contributed by atoms with van der Waals surface area (Å²) >= 11 is 0. The third kappa shape index (κ3) is 8.05. The van der Waals surface area contributed by atoms with Gasteiger partial charge < -0.3 is 20.1 Å². The molecule has 0 spiro atoms. The fourth-order valence-corrected chi connectivity index (χ4v) is 2.76. The summed E-state index contributed by atoms with van der Waals surface area (Å²) in [5, 5.41) is 6.58. The van der Waals surface area contributed by atoms with Gasteiger partial charge in [0.25, 0.3) is 0 Å². The predicted molar refractivity (Wildman–Crippen MR) is 131 cm³/mol. The lowest BCUT2D eigenvalue weighted by atomic mass is 10.1. The van der Waals surface area contributed by atoms with Crippen molar-refractivity contribution in [3.63, 3.8) is 0 Å². The number of aromatic nitrogens is 1. The van der Waals surface area contributed by atoms with Crippen LogP contribution in [0.2, 0.25) is 0 Å². The fourth-order valence-electron chi connectivity index (χ4n) is 2.76. The monoisotopic (exact) mass is 536 g/mol. The van der Waals surface area contributed by atoms with Crippen molar-refractivity contribution in [1.29, 1.82) is 0 Å². The molecule has 0 aliphatic heterocycles. The van der Waals surface area contributed by atoms with E-state index in [1.54, 1.807) is 32.5 Å². The number of rotatable bonds is 8. The number of nitrogens with one attached hydrogen (secondary N) is 2. The van der Waals surface area contributed by atoms with Gasteiger partial charge in [-0.2, -0.15) is 0 Å². The minimum Gasteiger partial charge on any atom is -0.497 e. The zero-order valence-corrected chi connectivity index (χ0v) is 19.8. The number of halogens is 2. The van der Waals surface area contributed by atoms with Crippen LogP contribution in [0.25, 0.3) is 0 Å². The molecule has 0 amide bonds. The molecule has 0 aliphatic carbocycles. The van der Waals surface area contributed by atoms with Crippen LogP contribution in [0.15, 0.2) is 71.9 Å². The van der Waals surface area contributed by atoms with Gasteiger partial charge >= 0.3 is 0 Å². The molecule has 0 saturated heterocycles. The van der Waals surface area contributed by atoms with Crippen LogP contribution in [-0.4, -0.2) is 31.6 Å². The molecule has 0 unspecified atom stereocenters. The van der Waals surface area contributed by atoms with Crippen molar-refractivity contribution in [3.8, 4) is 17.4 Å². The average molecular weight is 536 g/mol. The van der Waals surface area contributed by atoms with Gasteiger partial charge in [0.2, 0.25) is 5.88 Å². The van der Waals surface area contributed by atoms with Crippen LogP contribution in [0.5, 0.6) is 17.4 Å². The summed E-state index contributed by atoms with van der Waals surface area (Å²) in [6, 6.07) is 17.6. The van der Waals surface area contributed by atoms with Crippen molar-refractivity contribution in [3.05, 3.63) is 83.8 Å². The van der Waals surface area contributed by atoms with Crippen molar-refractivity contribution < 1.29 is 13.9 Å². The first kappa shape index (κ1) is 24.4. The molecule has 164 valence electrons. The summed E-state index contributed by atoms with van der Waals surface area (Å²) in [4.78, 5) is 8.45. The van der Waals surface area contributed by atoms with E-state index in [0.717, 1.165) is 24.3 Å². The van der Waals surface area contributed by atoms with E-state index in [1.807, 2.05) is 24.3 Å². The molecule has 2 N–H and O–H groups in total. The number of methoxy groups -OCH3 is 1. The quantitative estimate of drug-likeness (QED) is 0.251. The van der Waals surface area contributed by atoms with Crippen LogP contribution in [0.1, 0.15) is 11.1 Å². The van der Waals surface area contributed by atoms with Gasteiger partial charge in [0.05, 0.1) is 7.11 Å². The zero-order valence-electron chi connectivity index (χ0n) is 17.5. The van der Waals surface area contributed by atoms with Crippen LogP contribution in [0.4, 0.5) is 4.39 Å². The highest BCUT2D eigenvalue weighted by atomic mass is 127. The molecule has 1 aromatic heterocycles. The Morgan fingerprint density at radius 1 is 0.968 bits per heavy atom. The molecule has 3 aromatic rings. The minimum atomic E-state index is -0.306. The summed E-state index contributed by atoms with van der Waals surface area (Å²) in [6.07, 6.45) is 2.55. The minimum absolute atomic E-state index is 0. The van der Waals surface area contributed by atoms with E-state index in [4.69, 9.17) is 9.47 Å². The summed E-state index contributed by atoms with van der Waals surface area (Å²) in [7, 11) is 3.39. The van der Waals surface area contributed by atoms with Crippen molar-refractivity contribution >= 4 is 29.9 Å². The van der Waals surface area contributed by atoms with E-state index < -0.39 is 0 Å². The van der Waals surface area contributed by atoms with Crippen molar-refractivity contribution in [2.24, 2.45) is 4.99 Å². The second-order valence-corrected chi connectivity index (χ2v) is 6.51. The van der Waals surface area contributed by atoms with Gasteiger partial charge in [0, 0.05) is 32.4 Å². The van der Waals surface area contributed by atoms with Crippen molar-refractivity contribution in [1.82, 2.24) is 15.6 Å². The number of hydrogen-bond donors (Lipinski definition) is 2. The number of hydrogen-bond acceptors (Lipinski definition) is 4. The van der Waals surface area contributed by atoms with E-state index >= 15 is 0 Å². The van der Waals surface area contributed by atoms with Crippen LogP contribution in [0.3, 0.4) is 0 Å². The highest BCUT2D eigenvalue weighted by Gasteiger charge is 2.03. The fraction of sp³-hybridized carbons (Fsp3) is 0.217. The third-order valence-corrected chi connectivity index (χ3v) is 4.38. The largest absolute Gasteiger partial charge is 0.497 e. The lowest BCUT2D eigenvalue weighted by Crippen LogP contribution is -2.37. The highest BCUT2D eigenvalue weighted by Crippen LogP contribution is 2.20. The average Bonchev–Trinajstić information content (AvgIpc) is 2.78. The van der Waals surface area contributed by atoms with Gasteiger partial charge in [0.1, 0.15) is 17.3 Å². The maximum atomic E-state index is 13.0. The molecule has 0 radical (unpaired) electrons. The molecule has 0 aliphatic rings. The second-order valence-electron chi connectivity index (χ2n) is 6.51. The van der Waals surface area contributed by atoms with E-state index in [2.05, 4.69) is 32.7 Å². The molecular formula is C23H26FIN4O2. The van der Waals surface area contributed by atoms with Gasteiger partial charge in [-0.1, -0.05) is 12.1 Å². The molecule has 0 atom stereocenters. The first-order chi connectivity index (χ1) is 14.7. The zero-order chi connectivity index (χ0) is 21.2. The molecule has 1 heterocycles. The van der Waals surface area contributed by atoms with Crippen LogP contribution >= 0.6 is 24.0 Å². The molecule has 0 bridgehead atoms. The Kier molecular flexibility index (Phi) is 10.0. The normalized spacial score (nSPS) is 10.7. The Bertz CT molecular complexity index is 966. The number of pyridine rings is 1. The van der Waals surface area contributed by atoms with E-state index in [-0.39, 0.29) is 29.8 Å². The van der Waals surface area contributed by atoms with E-state index in [9.17, 15) is 4.39 Å². The second kappa shape index (κ2) is 12.7. The molecule has 3 rings (SSSR count). The Balaban J connectivity index is 0.00000341. The number of benzene rings is 2. The summed E-state index contributed by atoms with van der Waals surface area (Å²) in [6.45, 7) is 1.31. The lowest BCUT2D eigenvalue weighted by molar-refractivity contribution is 0.414. The molecule has 0 saturated carbocycles. The van der Waals surface area contributed by atoms with Crippen molar-refractivity contribution in [2.45, 2.75) is 13.0 Å². The van der Waals surface area contributed by atoms with Gasteiger partial charge in [-0.05, 0) is 60.0 Å². The smallest absolute Gasteiger partial charge is 0.219 e. The maximum absolute atomic E-state index is 13.0. The Labute approximate surface area is 198 Å². The predicted octanol–water partition coefficient (Wildman–Crippen LogP) is 4.55. The molecule has 8 heteroatoms. The number of aliphatic imine (C=N–C) groups is 1. The van der Waals surface area contributed by atoms with Gasteiger partial charge in [0.15, 0.2) is 5.96 Å². The van der Waals surface area contributed by atoms with E-state index in [0.29, 0.717) is 24.1 Å². The molecule has 31 heavy (non-hydrogen) atoms. The number of guanidine groups is 1. The van der Waals surface area contributed by atoms with Gasteiger partial charge in [-0.15, -0.1) is 24.0 Å². The molecule has 0 fully saturated rings. The van der Waals surface area contributed by atoms with Gasteiger partial charge in [-0.3, -0.25) is 4.99 Å². The SMILES string of the molecule is CN=C(NCCc1ccc(OC)cc1)NCc1ccnc(Oc2ccc(F)cc2)c1.I. The van der Waals surface area contributed by atoms with Crippen LogP contribution < -0.4 is 20.1 Å². The third-order valence-electron chi connectivity index (χ3n) is 4.38. The van der Waals surface area contributed by atoms with Crippen LogP contribution in [0, 0.1) is 5.82 Å². The highest BCUT2D eigenvalue weighted by molar-refractivity contribution is 14.0. The van der Waals surface area contributed by atoms with E-state index in [1.165, 1.54) is 17.7 Å². The summed E-state index contributed by atoms with van der Waals surface area (Å²) < 4.78 is 23.9. The maximum Gasteiger partial charge on any atom is 0.219 e. The first-order valence-corrected chi connectivity index (χ1v) is 9.62. The Morgan fingerprint density at radius 3 is 2.35 bits per heavy atom. The summed E-state index contributed by atoms with van der Waals surface area (Å²) in [5.74, 6) is 2.23. The number of nitrogens with zero attached hydrogens (tertiary/aromatic N) is 2. The van der Waals surface area contributed by atoms with Gasteiger partial charge in [-0.25, -0.2) is 9.37 Å². The molecule has 2 aromatic carbocycles. The topological polar surface area (TPSA) is 67.8 Å². The number of ether oxygens (including phenoxy) is 2. The summed E-state index contributed by atoms with van der Waals surface area (Å²) in [5.41, 5.74) is 2.20. The first-order valence-electron chi connectivity index (χ1n) is 9.62. The lowest BCUT2D eigenvalue weighted by Gasteiger charge is -2.13. The standard InChI is InChI=1S/C23H25FN4O2.HI/c1-25-23(27-14-11-17-3-7-20(29-2)8-4-17)28-16-18-12-13-26-22(15-18)30-21-9-5-19(24)6-10-21;/h3-10,12-13,15H,11,14,16H2,1-2H3,(H2,25,27,28);1H. The van der Waals surface area contributed by atoms with Crippen molar-refractivity contribution in [2.75, 3.05) is 20.7 Å². The molecular weight excluding hydrogens is 510 g/mol. The Hall–Kier alpha value is -2.88. The Morgan fingerprint density at radius 2 is 1.68 bits per heavy atom. The van der Waals surface area contributed by atoms with Crippen LogP contribution in [-0.2, 0) is 13.0 Å².